The number of pyridine rings is 1. The predicted molar refractivity (Wildman–Crippen MR) is 82.9 cm³/mol. The first-order valence-corrected chi connectivity index (χ1v) is 7.22. The lowest BCUT2D eigenvalue weighted by atomic mass is 9.98. The Hall–Kier alpha value is -1.87. The highest BCUT2D eigenvalue weighted by molar-refractivity contribution is 5.60. The van der Waals surface area contributed by atoms with Crippen LogP contribution in [0.1, 0.15) is 29.0 Å². The second-order valence-electron chi connectivity index (χ2n) is 5.58. The monoisotopic (exact) mass is 267 g/mol. The van der Waals surface area contributed by atoms with Crippen LogP contribution in [0.15, 0.2) is 42.7 Å². The van der Waals surface area contributed by atoms with Gasteiger partial charge in [0, 0.05) is 37.1 Å². The van der Waals surface area contributed by atoms with Crippen molar-refractivity contribution in [3.63, 3.8) is 0 Å². The molecule has 0 radical (unpaired) electrons. The first-order chi connectivity index (χ1) is 9.78. The van der Waals surface area contributed by atoms with Gasteiger partial charge >= 0.3 is 0 Å². The van der Waals surface area contributed by atoms with Crippen molar-refractivity contribution in [3.8, 4) is 0 Å². The van der Waals surface area contributed by atoms with Crippen molar-refractivity contribution in [2.75, 3.05) is 18.0 Å². The minimum absolute atomic E-state index is 0.564. The Morgan fingerprint density at radius 1 is 1.30 bits per heavy atom. The summed E-state index contributed by atoms with van der Waals surface area (Å²) >= 11 is 0. The fourth-order valence-electron chi connectivity index (χ4n) is 3.11. The van der Waals surface area contributed by atoms with Gasteiger partial charge in [-0.1, -0.05) is 24.3 Å². The average Bonchev–Trinajstić information content (AvgIpc) is 2.78. The highest BCUT2D eigenvalue weighted by Crippen LogP contribution is 2.38. The lowest BCUT2D eigenvalue weighted by Gasteiger charge is -2.20. The Morgan fingerprint density at radius 3 is 2.95 bits per heavy atom. The van der Waals surface area contributed by atoms with E-state index in [9.17, 15) is 0 Å². The van der Waals surface area contributed by atoms with E-state index >= 15 is 0 Å². The summed E-state index contributed by atoms with van der Waals surface area (Å²) in [6, 6.07) is 10.9. The molecule has 2 aromatic rings. The van der Waals surface area contributed by atoms with Crippen LogP contribution in [0.2, 0.25) is 0 Å². The normalized spacial score (nSPS) is 17.3. The number of fused-ring (bicyclic) bond motifs is 1. The van der Waals surface area contributed by atoms with Crippen molar-refractivity contribution in [1.82, 2.24) is 4.98 Å². The fourth-order valence-corrected chi connectivity index (χ4v) is 3.11. The van der Waals surface area contributed by atoms with E-state index in [1.54, 1.807) is 0 Å². The standard InChI is InChI=1S/C17H21N3/c1-13-8-14(10-19-9-13)11-20-12-15(6-7-18)16-4-2-3-5-17(16)20/h2-5,8-10,15H,6-7,11-12,18H2,1H3. The molecule has 0 fully saturated rings. The van der Waals surface area contributed by atoms with Crippen molar-refractivity contribution in [2.45, 2.75) is 25.8 Å². The van der Waals surface area contributed by atoms with Crippen molar-refractivity contribution in [2.24, 2.45) is 5.73 Å². The van der Waals surface area contributed by atoms with Crippen LogP contribution in [0, 0.1) is 6.92 Å². The molecule has 2 N–H and O–H groups in total. The summed E-state index contributed by atoms with van der Waals surface area (Å²) < 4.78 is 0. The first kappa shape index (κ1) is 13.1. The second-order valence-corrected chi connectivity index (χ2v) is 5.58. The lowest BCUT2D eigenvalue weighted by Crippen LogP contribution is -2.22. The molecule has 3 nitrogen and oxygen atoms in total. The zero-order valence-electron chi connectivity index (χ0n) is 11.9. The number of aryl methyl sites for hydroxylation is 1. The summed E-state index contributed by atoms with van der Waals surface area (Å²) in [6.45, 7) is 4.82. The van der Waals surface area contributed by atoms with E-state index in [0.717, 1.165) is 26.1 Å². The number of anilines is 1. The SMILES string of the molecule is Cc1cncc(CN2CC(CCN)c3ccccc32)c1. The Bertz CT molecular complexity index is 594. The van der Waals surface area contributed by atoms with Crippen LogP contribution in [0.4, 0.5) is 5.69 Å². The molecule has 0 spiro atoms. The summed E-state index contributed by atoms with van der Waals surface area (Å²) in [4.78, 5) is 6.74. The molecule has 1 aromatic heterocycles. The zero-order valence-corrected chi connectivity index (χ0v) is 11.9. The van der Waals surface area contributed by atoms with Gasteiger partial charge in [0.05, 0.1) is 0 Å². The minimum Gasteiger partial charge on any atom is -0.366 e. The number of nitrogens with zero attached hydrogens (tertiary/aromatic N) is 2. The zero-order chi connectivity index (χ0) is 13.9. The minimum atomic E-state index is 0.564. The molecule has 1 atom stereocenters. The number of hydrogen-bond acceptors (Lipinski definition) is 3. The number of nitrogens with two attached hydrogens (primary N) is 1. The highest BCUT2D eigenvalue weighted by Gasteiger charge is 2.27. The van der Waals surface area contributed by atoms with Gasteiger partial charge in [0.15, 0.2) is 0 Å². The third-order valence-electron chi connectivity index (χ3n) is 3.98. The van der Waals surface area contributed by atoms with Crippen LogP contribution in [-0.4, -0.2) is 18.1 Å². The predicted octanol–water partition coefficient (Wildman–Crippen LogP) is 2.84. The molecule has 2 heterocycles. The maximum Gasteiger partial charge on any atom is 0.0445 e. The van der Waals surface area contributed by atoms with Crippen LogP contribution in [0.5, 0.6) is 0 Å². The molecule has 0 saturated carbocycles. The molecule has 0 bridgehead atoms. The van der Waals surface area contributed by atoms with Crippen LogP contribution in [0.3, 0.4) is 0 Å². The van der Waals surface area contributed by atoms with Gasteiger partial charge in [0.2, 0.25) is 0 Å². The molecule has 3 heteroatoms. The van der Waals surface area contributed by atoms with Crippen molar-refractivity contribution in [1.29, 1.82) is 0 Å². The van der Waals surface area contributed by atoms with E-state index in [-0.39, 0.29) is 0 Å². The van der Waals surface area contributed by atoms with Gasteiger partial charge < -0.3 is 10.6 Å². The molecule has 104 valence electrons. The quantitative estimate of drug-likeness (QED) is 0.926. The first-order valence-electron chi connectivity index (χ1n) is 7.22. The molecule has 1 unspecified atom stereocenters. The topological polar surface area (TPSA) is 42.2 Å². The summed E-state index contributed by atoms with van der Waals surface area (Å²) in [5, 5.41) is 0. The van der Waals surface area contributed by atoms with Crippen molar-refractivity contribution in [3.05, 3.63) is 59.4 Å². The van der Waals surface area contributed by atoms with E-state index in [1.807, 2.05) is 12.4 Å². The number of aromatic nitrogens is 1. The molecule has 1 aliphatic heterocycles. The number of rotatable bonds is 4. The Labute approximate surface area is 120 Å². The summed E-state index contributed by atoms with van der Waals surface area (Å²) in [6.07, 6.45) is 4.92. The van der Waals surface area contributed by atoms with Gasteiger partial charge in [0.25, 0.3) is 0 Å². The molecule has 1 aromatic carbocycles. The number of hydrogen-bond donors (Lipinski definition) is 1. The second kappa shape index (κ2) is 5.63. The maximum atomic E-state index is 5.75. The Morgan fingerprint density at radius 2 is 2.15 bits per heavy atom. The Kier molecular flexibility index (Phi) is 3.70. The van der Waals surface area contributed by atoms with Gasteiger partial charge in [-0.2, -0.15) is 0 Å². The van der Waals surface area contributed by atoms with E-state index < -0.39 is 0 Å². The molecule has 0 aliphatic carbocycles. The highest BCUT2D eigenvalue weighted by atomic mass is 15.2. The maximum absolute atomic E-state index is 5.75. The Balaban J connectivity index is 1.85. The van der Waals surface area contributed by atoms with Crippen molar-refractivity contribution < 1.29 is 0 Å². The largest absolute Gasteiger partial charge is 0.366 e. The van der Waals surface area contributed by atoms with E-state index in [1.165, 1.54) is 22.4 Å². The lowest BCUT2D eigenvalue weighted by molar-refractivity contribution is 0.644. The van der Waals surface area contributed by atoms with Gasteiger partial charge in [-0.25, -0.2) is 0 Å². The average molecular weight is 267 g/mol. The van der Waals surface area contributed by atoms with E-state index in [2.05, 4.69) is 47.1 Å². The van der Waals surface area contributed by atoms with Gasteiger partial charge in [-0.3, -0.25) is 4.98 Å². The third-order valence-corrected chi connectivity index (χ3v) is 3.98. The molecule has 20 heavy (non-hydrogen) atoms. The molecule has 0 saturated heterocycles. The molecular formula is C17H21N3. The summed E-state index contributed by atoms with van der Waals surface area (Å²) in [5.41, 5.74) is 11.0. The van der Waals surface area contributed by atoms with Crippen LogP contribution in [-0.2, 0) is 6.54 Å². The van der Waals surface area contributed by atoms with Gasteiger partial charge in [-0.15, -0.1) is 0 Å². The van der Waals surface area contributed by atoms with Crippen LogP contribution >= 0.6 is 0 Å². The van der Waals surface area contributed by atoms with Crippen LogP contribution < -0.4 is 10.6 Å². The van der Waals surface area contributed by atoms with E-state index in [0.29, 0.717) is 5.92 Å². The molecule has 3 rings (SSSR count). The summed E-state index contributed by atoms with van der Waals surface area (Å²) in [5.74, 6) is 0.564. The number of para-hydroxylation sites is 1. The van der Waals surface area contributed by atoms with Crippen molar-refractivity contribution >= 4 is 5.69 Å². The van der Waals surface area contributed by atoms with Gasteiger partial charge in [0.1, 0.15) is 0 Å². The van der Waals surface area contributed by atoms with Gasteiger partial charge in [-0.05, 0) is 42.6 Å². The third kappa shape index (κ3) is 2.54. The molecular weight excluding hydrogens is 246 g/mol. The molecule has 0 amide bonds. The molecule has 1 aliphatic rings. The fraction of sp³-hybridized carbons (Fsp3) is 0.353. The van der Waals surface area contributed by atoms with Crippen LogP contribution in [0.25, 0.3) is 0 Å². The van der Waals surface area contributed by atoms with E-state index in [4.69, 9.17) is 5.73 Å². The summed E-state index contributed by atoms with van der Waals surface area (Å²) in [7, 11) is 0. The number of benzene rings is 1. The smallest absolute Gasteiger partial charge is 0.0445 e.